The van der Waals surface area contributed by atoms with Gasteiger partial charge in [-0.15, -0.1) is 0 Å². The second-order valence-electron chi connectivity index (χ2n) is 7.19. The van der Waals surface area contributed by atoms with E-state index in [2.05, 4.69) is 9.62 Å². The van der Waals surface area contributed by atoms with Gasteiger partial charge in [-0.05, 0) is 57.0 Å². The van der Waals surface area contributed by atoms with E-state index >= 15 is 0 Å². The van der Waals surface area contributed by atoms with Gasteiger partial charge in [-0.2, -0.15) is 0 Å². The Bertz CT molecular complexity index is 737. The Kier molecular flexibility index (Phi) is 9.35. The molecule has 1 saturated heterocycles. The molecular weight excluding hydrogens is 394 g/mol. The highest BCUT2D eigenvalue weighted by molar-refractivity contribution is 7.89. The maximum absolute atomic E-state index is 12.5. The molecular formula is C20H33N3O5S. The van der Waals surface area contributed by atoms with Gasteiger partial charge in [-0.1, -0.05) is 0 Å². The number of hydrogen-bond acceptors (Lipinski definition) is 6. The predicted molar refractivity (Wildman–Crippen MR) is 112 cm³/mol. The van der Waals surface area contributed by atoms with Crippen LogP contribution in [0.5, 0.6) is 5.75 Å². The summed E-state index contributed by atoms with van der Waals surface area (Å²) in [5.74, 6) is 0.723. The zero-order chi connectivity index (χ0) is 21.3. The van der Waals surface area contributed by atoms with Crippen LogP contribution in [0, 0.1) is 0 Å². The Morgan fingerprint density at radius 2 is 1.97 bits per heavy atom. The SMILES string of the molecule is CCOCCOc1ccc(S(=O)(=O)NCCCN2CCCC2C(=O)N(C)C)cc1. The molecule has 0 spiro atoms. The van der Waals surface area contributed by atoms with Crippen LogP contribution in [0.25, 0.3) is 0 Å². The van der Waals surface area contributed by atoms with E-state index in [4.69, 9.17) is 9.47 Å². The lowest BCUT2D eigenvalue weighted by Crippen LogP contribution is -2.43. The molecule has 0 bridgehead atoms. The van der Waals surface area contributed by atoms with E-state index in [1.807, 2.05) is 6.92 Å². The predicted octanol–water partition coefficient (Wildman–Crippen LogP) is 1.32. The van der Waals surface area contributed by atoms with Gasteiger partial charge in [0.1, 0.15) is 12.4 Å². The third-order valence-corrected chi connectivity index (χ3v) is 6.32. The molecule has 1 amide bonds. The van der Waals surface area contributed by atoms with Gasteiger partial charge in [0, 0.05) is 33.8 Å². The van der Waals surface area contributed by atoms with Gasteiger partial charge < -0.3 is 14.4 Å². The van der Waals surface area contributed by atoms with Crippen LogP contribution in [0.15, 0.2) is 29.2 Å². The lowest BCUT2D eigenvalue weighted by Gasteiger charge is -2.26. The summed E-state index contributed by atoms with van der Waals surface area (Å²) in [4.78, 5) is 16.2. The summed E-state index contributed by atoms with van der Waals surface area (Å²) < 4.78 is 38.2. The minimum atomic E-state index is -3.57. The molecule has 1 unspecified atom stereocenters. The van der Waals surface area contributed by atoms with E-state index in [1.165, 1.54) is 12.1 Å². The molecule has 0 aromatic heterocycles. The second kappa shape index (κ2) is 11.5. The molecule has 1 heterocycles. The molecule has 1 N–H and O–H groups in total. The van der Waals surface area contributed by atoms with Crippen molar-refractivity contribution in [1.82, 2.24) is 14.5 Å². The van der Waals surface area contributed by atoms with Gasteiger partial charge in [0.15, 0.2) is 0 Å². The number of amides is 1. The molecule has 164 valence electrons. The number of ether oxygens (including phenoxy) is 2. The molecule has 8 nitrogen and oxygen atoms in total. The number of carbonyl (C=O) groups excluding carboxylic acids is 1. The van der Waals surface area contributed by atoms with Gasteiger partial charge in [0.2, 0.25) is 15.9 Å². The summed E-state index contributed by atoms with van der Waals surface area (Å²) >= 11 is 0. The number of likely N-dealkylation sites (tertiary alicyclic amines) is 1. The first kappa shape index (κ1) is 23.6. The van der Waals surface area contributed by atoms with Crippen molar-refractivity contribution in [1.29, 1.82) is 0 Å². The highest BCUT2D eigenvalue weighted by atomic mass is 32.2. The Labute approximate surface area is 174 Å². The van der Waals surface area contributed by atoms with Gasteiger partial charge in [-0.3, -0.25) is 9.69 Å². The van der Waals surface area contributed by atoms with Crippen LogP contribution in [-0.4, -0.2) is 83.7 Å². The van der Waals surface area contributed by atoms with Crippen molar-refractivity contribution in [3.8, 4) is 5.75 Å². The van der Waals surface area contributed by atoms with Crippen molar-refractivity contribution in [2.45, 2.75) is 37.1 Å². The van der Waals surface area contributed by atoms with Gasteiger partial charge in [-0.25, -0.2) is 13.1 Å². The van der Waals surface area contributed by atoms with E-state index in [9.17, 15) is 13.2 Å². The lowest BCUT2D eigenvalue weighted by molar-refractivity contribution is -0.133. The highest BCUT2D eigenvalue weighted by Crippen LogP contribution is 2.19. The van der Waals surface area contributed by atoms with Crippen molar-refractivity contribution in [3.63, 3.8) is 0 Å². The highest BCUT2D eigenvalue weighted by Gasteiger charge is 2.31. The Morgan fingerprint density at radius 1 is 1.24 bits per heavy atom. The average Bonchev–Trinajstić information content (AvgIpc) is 3.16. The van der Waals surface area contributed by atoms with Crippen molar-refractivity contribution >= 4 is 15.9 Å². The Morgan fingerprint density at radius 3 is 2.62 bits per heavy atom. The minimum Gasteiger partial charge on any atom is -0.491 e. The number of nitrogens with one attached hydrogen (secondary N) is 1. The number of benzene rings is 1. The number of sulfonamides is 1. The summed E-state index contributed by atoms with van der Waals surface area (Å²) in [6.07, 6.45) is 2.51. The largest absolute Gasteiger partial charge is 0.491 e. The first-order chi connectivity index (χ1) is 13.8. The summed E-state index contributed by atoms with van der Waals surface area (Å²) in [5, 5.41) is 0. The minimum absolute atomic E-state index is 0.0862. The number of carbonyl (C=O) groups is 1. The van der Waals surface area contributed by atoms with Crippen LogP contribution in [0.2, 0.25) is 0 Å². The normalized spacial score (nSPS) is 17.4. The van der Waals surface area contributed by atoms with Crippen LogP contribution < -0.4 is 9.46 Å². The average molecular weight is 428 g/mol. The molecule has 1 aliphatic heterocycles. The molecule has 0 aliphatic carbocycles. The topological polar surface area (TPSA) is 88.2 Å². The van der Waals surface area contributed by atoms with Crippen LogP contribution in [0.3, 0.4) is 0 Å². The maximum Gasteiger partial charge on any atom is 0.240 e. The molecule has 0 saturated carbocycles. The molecule has 2 rings (SSSR count). The standard InChI is InChI=1S/C20H33N3O5S/c1-4-27-15-16-28-17-8-10-18(11-9-17)29(25,26)21-12-6-14-23-13-5-7-19(23)20(24)22(2)3/h8-11,19,21H,4-7,12-16H2,1-3H3. The van der Waals surface area contributed by atoms with Crippen LogP contribution in [0.1, 0.15) is 26.2 Å². The molecule has 1 aliphatic rings. The van der Waals surface area contributed by atoms with Crippen molar-refractivity contribution < 1.29 is 22.7 Å². The van der Waals surface area contributed by atoms with Crippen molar-refractivity contribution in [2.24, 2.45) is 0 Å². The first-order valence-electron chi connectivity index (χ1n) is 10.1. The molecule has 29 heavy (non-hydrogen) atoms. The van der Waals surface area contributed by atoms with E-state index in [-0.39, 0.29) is 16.8 Å². The van der Waals surface area contributed by atoms with Crippen molar-refractivity contribution in [3.05, 3.63) is 24.3 Å². The Hall–Kier alpha value is -1.68. The number of rotatable bonds is 12. The van der Waals surface area contributed by atoms with Gasteiger partial charge in [0.05, 0.1) is 17.5 Å². The Balaban J connectivity index is 1.77. The third kappa shape index (κ3) is 7.26. The molecule has 9 heteroatoms. The van der Waals surface area contributed by atoms with Gasteiger partial charge >= 0.3 is 0 Å². The fraction of sp³-hybridized carbons (Fsp3) is 0.650. The van der Waals surface area contributed by atoms with E-state index in [0.29, 0.717) is 45.1 Å². The van der Waals surface area contributed by atoms with E-state index < -0.39 is 10.0 Å². The zero-order valence-electron chi connectivity index (χ0n) is 17.6. The fourth-order valence-electron chi connectivity index (χ4n) is 3.32. The smallest absolute Gasteiger partial charge is 0.240 e. The number of nitrogens with zero attached hydrogens (tertiary/aromatic N) is 2. The first-order valence-corrected chi connectivity index (χ1v) is 11.6. The number of likely N-dealkylation sites (N-methyl/N-ethyl adjacent to an activating group) is 1. The van der Waals surface area contributed by atoms with Gasteiger partial charge in [0.25, 0.3) is 0 Å². The van der Waals surface area contributed by atoms with E-state index in [1.54, 1.807) is 31.1 Å². The monoisotopic (exact) mass is 427 g/mol. The summed E-state index contributed by atoms with van der Waals surface area (Å²) in [6, 6.07) is 6.26. The molecule has 1 aromatic carbocycles. The van der Waals surface area contributed by atoms with Crippen LogP contribution in [-0.2, 0) is 19.6 Å². The fourth-order valence-corrected chi connectivity index (χ4v) is 4.40. The van der Waals surface area contributed by atoms with Crippen molar-refractivity contribution in [2.75, 3.05) is 53.6 Å². The second-order valence-corrected chi connectivity index (χ2v) is 8.96. The maximum atomic E-state index is 12.5. The summed E-state index contributed by atoms with van der Waals surface area (Å²) in [7, 11) is -0.0369. The summed E-state index contributed by atoms with van der Waals surface area (Å²) in [5.41, 5.74) is 0. The number of hydrogen-bond donors (Lipinski definition) is 1. The molecule has 0 radical (unpaired) electrons. The molecule has 1 aromatic rings. The van der Waals surface area contributed by atoms with Crippen LogP contribution in [0.4, 0.5) is 0 Å². The zero-order valence-corrected chi connectivity index (χ0v) is 18.4. The summed E-state index contributed by atoms with van der Waals surface area (Å²) in [6.45, 7) is 5.37. The quantitative estimate of drug-likeness (QED) is 0.506. The lowest BCUT2D eigenvalue weighted by atomic mass is 10.2. The third-order valence-electron chi connectivity index (χ3n) is 4.84. The van der Waals surface area contributed by atoms with Crippen LogP contribution >= 0.6 is 0 Å². The molecule has 1 atom stereocenters. The van der Waals surface area contributed by atoms with E-state index in [0.717, 1.165) is 19.4 Å². The molecule has 1 fully saturated rings.